The Morgan fingerprint density at radius 3 is 2.46 bits per heavy atom. The van der Waals surface area contributed by atoms with Gasteiger partial charge in [0.1, 0.15) is 5.15 Å². The van der Waals surface area contributed by atoms with Crippen molar-refractivity contribution >= 4 is 40.1 Å². The average Bonchev–Trinajstić information content (AvgIpc) is 3.26. The summed E-state index contributed by atoms with van der Waals surface area (Å²) >= 11 is 5.90. The standard InChI is InChI=1S/C26H24ClN5O3/c1-14-10-18(15(2)28-20-8-9-21(27)29-23(20)25(34)35)22-19(11-14)24(33)31(3)26(30-22)32-12-16-6-4-5-7-17(16)13-32/h4-11,15,28H,12-13H2,1-3H3,(H,34,35)/t15-/m1/s1. The van der Waals surface area contributed by atoms with Crippen LogP contribution in [0.25, 0.3) is 10.9 Å². The van der Waals surface area contributed by atoms with E-state index in [1.54, 1.807) is 17.7 Å². The number of aryl methyl sites for hydroxylation is 1. The number of aromatic nitrogens is 3. The van der Waals surface area contributed by atoms with Crippen LogP contribution in [0.1, 0.15) is 45.7 Å². The quantitative estimate of drug-likeness (QED) is 0.392. The van der Waals surface area contributed by atoms with E-state index >= 15 is 0 Å². The molecule has 0 fully saturated rings. The monoisotopic (exact) mass is 489 g/mol. The van der Waals surface area contributed by atoms with Crippen LogP contribution in [0.4, 0.5) is 11.6 Å². The van der Waals surface area contributed by atoms with Crippen LogP contribution in [0.2, 0.25) is 5.15 Å². The third kappa shape index (κ3) is 4.10. The highest BCUT2D eigenvalue weighted by Crippen LogP contribution is 2.31. The first kappa shape index (κ1) is 22.9. The minimum atomic E-state index is -1.18. The van der Waals surface area contributed by atoms with Gasteiger partial charge in [-0.25, -0.2) is 14.8 Å². The van der Waals surface area contributed by atoms with Crippen molar-refractivity contribution < 1.29 is 9.90 Å². The van der Waals surface area contributed by atoms with Gasteiger partial charge in [0.2, 0.25) is 5.95 Å². The third-order valence-electron chi connectivity index (χ3n) is 6.36. The number of benzene rings is 2. The summed E-state index contributed by atoms with van der Waals surface area (Å²) in [6.45, 7) is 5.18. The zero-order valence-corrected chi connectivity index (χ0v) is 20.3. The molecular weight excluding hydrogens is 466 g/mol. The number of nitrogens with one attached hydrogen (secondary N) is 1. The molecule has 2 aromatic carbocycles. The van der Waals surface area contributed by atoms with Gasteiger partial charge in [0.25, 0.3) is 5.56 Å². The number of halogens is 1. The average molecular weight is 490 g/mol. The van der Waals surface area contributed by atoms with E-state index in [0.717, 1.165) is 11.1 Å². The van der Waals surface area contributed by atoms with Gasteiger partial charge in [0, 0.05) is 25.7 Å². The van der Waals surface area contributed by atoms with Gasteiger partial charge in [-0.1, -0.05) is 41.9 Å². The zero-order valence-electron chi connectivity index (χ0n) is 19.5. The summed E-state index contributed by atoms with van der Waals surface area (Å²) in [5.74, 6) is -0.588. The van der Waals surface area contributed by atoms with E-state index in [2.05, 4.69) is 27.3 Å². The molecule has 2 N–H and O–H groups in total. The summed E-state index contributed by atoms with van der Waals surface area (Å²) in [7, 11) is 1.75. The number of fused-ring (bicyclic) bond motifs is 2. The van der Waals surface area contributed by atoms with Gasteiger partial charge in [-0.3, -0.25) is 9.36 Å². The topological polar surface area (TPSA) is 100 Å². The van der Waals surface area contributed by atoms with Crippen molar-refractivity contribution in [2.75, 3.05) is 10.2 Å². The number of hydrogen-bond donors (Lipinski definition) is 2. The zero-order chi connectivity index (χ0) is 24.9. The van der Waals surface area contributed by atoms with Crippen molar-refractivity contribution in [3.63, 3.8) is 0 Å². The van der Waals surface area contributed by atoms with E-state index in [9.17, 15) is 14.7 Å². The fourth-order valence-electron chi connectivity index (χ4n) is 4.65. The first-order valence-corrected chi connectivity index (χ1v) is 11.6. The van der Waals surface area contributed by atoms with Crippen molar-refractivity contribution in [1.29, 1.82) is 0 Å². The van der Waals surface area contributed by atoms with Crippen LogP contribution < -0.4 is 15.8 Å². The van der Waals surface area contributed by atoms with E-state index in [1.165, 1.54) is 17.2 Å². The van der Waals surface area contributed by atoms with E-state index in [4.69, 9.17) is 16.6 Å². The maximum atomic E-state index is 13.4. The predicted molar refractivity (Wildman–Crippen MR) is 136 cm³/mol. The number of carboxylic acid groups (broad SMARTS) is 1. The van der Waals surface area contributed by atoms with E-state index < -0.39 is 5.97 Å². The molecule has 3 heterocycles. The van der Waals surface area contributed by atoms with Gasteiger partial charge >= 0.3 is 5.97 Å². The van der Waals surface area contributed by atoms with Crippen molar-refractivity contribution in [3.8, 4) is 0 Å². The van der Waals surface area contributed by atoms with Gasteiger partial charge in [-0.2, -0.15) is 0 Å². The molecule has 0 saturated heterocycles. The molecule has 2 aromatic heterocycles. The largest absolute Gasteiger partial charge is 0.476 e. The maximum absolute atomic E-state index is 13.4. The molecule has 0 amide bonds. The van der Waals surface area contributed by atoms with Crippen LogP contribution in [0, 0.1) is 6.92 Å². The first-order chi connectivity index (χ1) is 16.7. The highest BCUT2D eigenvalue weighted by atomic mass is 35.5. The van der Waals surface area contributed by atoms with Gasteiger partial charge in [-0.05, 0) is 48.7 Å². The number of nitrogens with zero attached hydrogens (tertiary/aromatic N) is 4. The SMILES string of the molecule is Cc1cc([C@@H](C)Nc2ccc(Cl)nc2C(=O)O)c2nc(N3Cc4ccccc4C3)n(C)c(=O)c2c1. The fourth-order valence-corrected chi connectivity index (χ4v) is 4.80. The smallest absolute Gasteiger partial charge is 0.356 e. The predicted octanol–water partition coefficient (Wildman–Crippen LogP) is 4.68. The van der Waals surface area contributed by atoms with Crippen LogP contribution in [0.15, 0.2) is 53.3 Å². The van der Waals surface area contributed by atoms with Crippen molar-refractivity contribution in [1.82, 2.24) is 14.5 Å². The summed E-state index contributed by atoms with van der Waals surface area (Å²) in [4.78, 5) is 36.1. The molecule has 0 saturated carbocycles. The lowest BCUT2D eigenvalue weighted by atomic mass is 10.0. The minimum Gasteiger partial charge on any atom is -0.476 e. The molecule has 0 bridgehead atoms. The molecule has 8 nitrogen and oxygen atoms in total. The molecule has 9 heteroatoms. The minimum absolute atomic E-state index is 0.100. The summed E-state index contributed by atoms with van der Waals surface area (Å²) in [5, 5.41) is 13.4. The first-order valence-electron chi connectivity index (χ1n) is 11.2. The molecule has 0 unspecified atom stereocenters. The Labute approximate surface area is 206 Å². The Bertz CT molecular complexity index is 1520. The van der Waals surface area contributed by atoms with E-state index in [0.29, 0.717) is 35.6 Å². The Hall–Kier alpha value is -3.91. The molecule has 178 valence electrons. The molecular formula is C26H24ClN5O3. The lowest BCUT2D eigenvalue weighted by Gasteiger charge is -2.23. The normalized spacial score (nSPS) is 13.7. The highest BCUT2D eigenvalue weighted by molar-refractivity contribution is 6.29. The summed E-state index contributed by atoms with van der Waals surface area (Å²) in [6.07, 6.45) is 0. The summed E-state index contributed by atoms with van der Waals surface area (Å²) in [6, 6.07) is 14.8. The lowest BCUT2D eigenvalue weighted by Crippen LogP contribution is -2.28. The molecule has 1 aliphatic heterocycles. The van der Waals surface area contributed by atoms with E-state index in [-0.39, 0.29) is 22.4 Å². The molecule has 1 atom stereocenters. The second-order valence-electron chi connectivity index (χ2n) is 8.85. The Balaban J connectivity index is 1.60. The Morgan fingerprint density at radius 1 is 1.11 bits per heavy atom. The number of pyridine rings is 1. The molecule has 35 heavy (non-hydrogen) atoms. The Kier molecular flexibility index (Phi) is 5.68. The second kappa shape index (κ2) is 8.70. The fraction of sp³-hybridized carbons (Fsp3) is 0.231. The number of anilines is 2. The number of aromatic carboxylic acids is 1. The molecule has 0 radical (unpaired) electrons. The number of carboxylic acids is 1. The summed E-state index contributed by atoms with van der Waals surface area (Å²) in [5.41, 5.74) is 4.77. The van der Waals surface area contributed by atoms with Gasteiger partial charge < -0.3 is 15.3 Å². The van der Waals surface area contributed by atoms with Gasteiger partial charge in [-0.15, -0.1) is 0 Å². The van der Waals surface area contributed by atoms with Crippen molar-refractivity contribution in [2.24, 2.45) is 7.05 Å². The second-order valence-corrected chi connectivity index (χ2v) is 9.24. The van der Waals surface area contributed by atoms with Crippen LogP contribution in [-0.4, -0.2) is 25.6 Å². The number of rotatable bonds is 5. The van der Waals surface area contributed by atoms with Crippen LogP contribution in [0.3, 0.4) is 0 Å². The Morgan fingerprint density at radius 2 is 1.80 bits per heavy atom. The third-order valence-corrected chi connectivity index (χ3v) is 6.57. The molecule has 1 aliphatic rings. The molecule has 0 aliphatic carbocycles. The van der Waals surface area contributed by atoms with Gasteiger partial charge in [0.15, 0.2) is 5.69 Å². The van der Waals surface area contributed by atoms with Crippen LogP contribution in [-0.2, 0) is 20.1 Å². The van der Waals surface area contributed by atoms with E-state index in [1.807, 2.05) is 38.1 Å². The molecule has 4 aromatic rings. The molecule has 5 rings (SSSR count). The molecule has 0 spiro atoms. The van der Waals surface area contributed by atoms with Crippen LogP contribution >= 0.6 is 11.6 Å². The highest BCUT2D eigenvalue weighted by Gasteiger charge is 2.25. The summed E-state index contributed by atoms with van der Waals surface area (Å²) < 4.78 is 1.60. The lowest BCUT2D eigenvalue weighted by molar-refractivity contribution is 0.0691. The maximum Gasteiger partial charge on any atom is 0.356 e. The van der Waals surface area contributed by atoms with Crippen molar-refractivity contribution in [3.05, 3.63) is 92.0 Å². The number of hydrogen-bond acceptors (Lipinski definition) is 6. The van der Waals surface area contributed by atoms with Gasteiger partial charge in [0.05, 0.1) is 22.6 Å². The number of carbonyl (C=O) groups is 1. The van der Waals surface area contributed by atoms with Crippen molar-refractivity contribution in [2.45, 2.75) is 33.0 Å². The van der Waals surface area contributed by atoms with Crippen LogP contribution in [0.5, 0.6) is 0 Å².